The molecule has 0 rings (SSSR count). The average Bonchev–Trinajstić information content (AvgIpc) is 3.47. The van der Waals surface area contributed by atoms with Gasteiger partial charge in [-0.15, -0.1) is 0 Å². The molecule has 0 saturated carbocycles. The van der Waals surface area contributed by atoms with E-state index in [0.717, 1.165) is 77.0 Å². The summed E-state index contributed by atoms with van der Waals surface area (Å²) in [6.45, 7) is 6.68. The van der Waals surface area contributed by atoms with Gasteiger partial charge < -0.3 is 14.2 Å². The number of esters is 3. The van der Waals surface area contributed by atoms with Crippen molar-refractivity contribution in [3.63, 3.8) is 0 Å². The van der Waals surface area contributed by atoms with E-state index in [9.17, 15) is 14.4 Å². The number of ether oxygens (including phenoxy) is 3. The molecule has 0 aromatic rings. The third-order valence-electron chi connectivity index (χ3n) is 16.6. The van der Waals surface area contributed by atoms with Crippen LogP contribution in [0.25, 0.3) is 0 Å². The Morgan fingerprint density at radius 1 is 0.247 bits per heavy atom. The number of unbranched alkanes of at least 4 members (excludes halogenated alkanes) is 51. The van der Waals surface area contributed by atoms with Gasteiger partial charge in [0, 0.05) is 19.3 Å². The van der Waals surface area contributed by atoms with Crippen LogP contribution in [-0.4, -0.2) is 37.2 Å². The SMILES string of the molecule is CCCCCCC/C=C\C/C=C\C/C=C\CCCCCCCCC(=O)OC(COC(=O)CCCCCCCCCCCCC)COC(=O)CCCCCCCCCCCCCCCCCCCCCCCCCCCCCCCCC. The van der Waals surface area contributed by atoms with E-state index in [1.165, 1.54) is 289 Å². The number of carbonyl (C=O) groups is 3. The second-order valence-corrected chi connectivity index (χ2v) is 24.9. The van der Waals surface area contributed by atoms with Gasteiger partial charge >= 0.3 is 17.9 Å². The molecule has 476 valence electrons. The first kappa shape index (κ1) is 78.6. The van der Waals surface area contributed by atoms with Gasteiger partial charge in [0.15, 0.2) is 6.10 Å². The van der Waals surface area contributed by atoms with E-state index in [1.807, 2.05) is 0 Å². The van der Waals surface area contributed by atoms with Gasteiger partial charge in [0.2, 0.25) is 0 Å². The van der Waals surface area contributed by atoms with Gasteiger partial charge in [-0.25, -0.2) is 0 Å². The van der Waals surface area contributed by atoms with Crippen molar-refractivity contribution in [3.8, 4) is 0 Å². The molecule has 81 heavy (non-hydrogen) atoms. The molecule has 1 unspecified atom stereocenters. The van der Waals surface area contributed by atoms with Gasteiger partial charge in [0.25, 0.3) is 0 Å². The minimum atomic E-state index is -0.777. The minimum Gasteiger partial charge on any atom is -0.462 e. The summed E-state index contributed by atoms with van der Waals surface area (Å²) < 4.78 is 17.0. The van der Waals surface area contributed by atoms with Crippen LogP contribution in [0.5, 0.6) is 0 Å². The number of rotatable bonds is 68. The van der Waals surface area contributed by atoms with Crippen LogP contribution in [0.2, 0.25) is 0 Å². The molecule has 0 aliphatic carbocycles. The van der Waals surface area contributed by atoms with Crippen LogP contribution < -0.4 is 0 Å². The normalized spacial score (nSPS) is 12.2. The minimum absolute atomic E-state index is 0.0721. The van der Waals surface area contributed by atoms with E-state index < -0.39 is 6.10 Å². The molecule has 0 N–H and O–H groups in total. The summed E-state index contributed by atoms with van der Waals surface area (Å²) in [7, 11) is 0. The quantitative estimate of drug-likeness (QED) is 0.0261. The lowest BCUT2D eigenvalue weighted by Crippen LogP contribution is -2.30. The fourth-order valence-electron chi connectivity index (χ4n) is 11.2. The highest BCUT2D eigenvalue weighted by Crippen LogP contribution is 2.19. The van der Waals surface area contributed by atoms with Crippen LogP contribution in [0.4, 0.5) is 0 Å². The fraction of sp³-hybridized carbons (Fsp3) is 0.880. The van der Waals surface area contributed by atoms with Crippen molar-refractivity contribution in [2.75, 3.05) is 13.2 Å². The number of allylic oxidation sites excluding steroid dienone is 6. The Morgan fingerprint density at radius 3 is 0.691 bits per heavy atom. The Hall–Kier alpha value is -2.37. The largest absolute Gasteiger partial charge is 0.462 e. The molecule has 6 nitrogen and oxygen atoms in total. The maximum atomic E-state index is 12.9. The van der Waals surface area contributed by atoms with Crippen molar-refractivity contribution < 1.29 is 28.6 Å². The molecule has 0 fully saturated rings. The highest BCUT2D eigenvalue weighted by molar-refractivity contribution is 5.71. The molecule has 0 radical (unpaired) electrons. The molecule has 0 saturated heterocycles. The van der Waals surface area contributed by atoms with E-state index in [1.54, 1.807) is 0 Å². The summed E-state index contributed by atoms with van der Waals surface area (Å²) in [6, 6.07) is 0. The average molecular weight is 1140 g/mol. The summed E-state index contributed by atoms with van der Waals surface area (Å²) in [6.07, 6.45) is 87.7. The Morgan fingerprint density at radius 2 is 0.444 bits per heavy atom. The zero-order chi connectivity index (χ0) is 58.5. The number of hydrogen-bond donors (Lipinski definition) is 0. The van der Waals surface area contributed by atoms with Crippen molar-refractivity contribution in [3.05, 3.63) is 36.5 Å². The summed E-state index contributed by atoms with van der Waals surface area (Å²) in [5.41, 5.74) is 0. The summed E-state index contributed by atoms with van der Waals surface area (Å²) in [4.78, 5) is 38.4. The van der Waals surface area contributed by atoms with Crippen LogP contribution in [0.3, 0.4) is 0 Å². The molecule has 0 amide bonds. The maximum absolute atomic E-state index is 12.9. The van der Waals surface area contributed by atoms with Gasteiger partial charge in [-0.1, -0.05) is 365 Å². The van der Waals surface area contributed by atoms with Gasteiger partial charge in [-0.2, -0.15) is 0 Å². The molecular weight excluding hydrogens is 997 g/mol. The summed E-state index contributed by atoms with van der Waals surface area (Å²) in [5, 5.41) is 0. The zero-order valence-corrected chi connectivity index (χ0v) is 54.8. The second-order valence-electron chi connectivity index (χ2n) is 24.9. The van der Waals surface area contributed by atoms with Crippen LogP contribution in [-0.2, 0) is 28.6 Å². The molecule has 0 aliphatic heterocycles. The van der Waals surface area contributed by atoms with Crippen LogP contribution in [0, 0.1) is 0 Å². The first-order valence-corrected chi connectivity index (χ1v) is 36.5. The van der Waals surface area contributed by atoms with Crippen LogP contribution in [0.1, 0.15) is 406 Å². The molecule has 0 heterocycles. The third kappa shape index (κ3) is 68.3. The number of carbonyl (C=O) groups excluding carboxylic acids is 3. The van der Waals surface area contributed by atoms with Crippen molar-refractivity contribution in [1.29, 1.82) is 0 Å². The Kier molecular flexibility index (Phi) is 68.1. The van der Waals surface area contributed by atoms with E-state index >= 15 is 0 Å². The molecule has 0 bridgehead atoms. The third-order valence-corrected chi connectivity index (χ3v) is 16.6. The molecule has 0 aromatic heterocycles. The topological polar surface area (TPSA) is 78.9 Å². The van der Waals surface area contributed by atoms with Crippen LogP contribution >= 0.6 is 0 Å². The predicted octanol–water partition coefficient (Wildman–Crippen LogP) is 25.1. The highest BCUT2D eigenvalue weighted by Gasteiger charge is 2.19. The first-order chi connectivity index (χ1) is 40.0. The van der Waals surface area contributed by atoms with E-state index in [-0.39, 0.29) is 31.1 Å². The molecule has 6 heteroatoms. The lowest BCUT2D eigenvalue weighted by molar-refractivity contribution is -0.167. The molecular formula is C75H140O6. The van der Waals surface area contributed by atoms with Gasteiger partial charge in [0.05, 0.1) is 0 Å². The summed E-state index contributed by atoms with van der Waals surface area (Å²) >= 11 is 0. The first-order valence-electron chi connectivity index (χ1n) is 36.5. The monoisotopic (exact) mass is 1140 g/mol. The lowest BCUT2D eigenvalue weighted by Gasteiger charge is -2.18. The standard InChI is InChI=1S/C75H140O6/c1-4-7-10-13-16-19-22-24-26-28-30-32-33-34-35-36-37-38-39-40-41-43-44-46-48-50-53-56-59-62-65-68-74(77)80-71-72(70-79-73(76)67-64-61-58-55-52-21-18-15-12-9-6-3)81-75(78)69-66-63-60-57-54-51-49-47-45-42-31-29-27-25-23-20-17-14-11-8-5-2/h23,25,29,31,45,47,72H,4-22,24,26-28,30,32-44,46,48-71H2,1-3H3/b25-23-,31-29-,47-45-. The van der Waals surface area contributed by atoms with Crippen molar-refractivity contribution >= 4 is 17.9 Å². The zero-order valence-electron chi connectivity index (χ0n) is 54.8. The Balaban J connectivity index is 4.13. The number of hydrogen-bond acceptors (Lipinski definition) is 6. The van der Waals surface area contributed by atoms with Crippen molar-refractivity contribution in [2.45, 2.75) is 412 Å². The lowest BCUT2D eigenvalue weighted by atomic mass is 10.0. The van der Waals surface area contributed by atoms with Crippen LogP contribution in [0.15, 0.2) is 36.5 Å². The molecule has 0 aliphatic rings. The molecule has 1 atom stereocenters. The highest BCUT2D eigenvalue weighted by atomic mass is 16.6. The summed E-state index contributed by atoms with van der Waals surface area (Å²) in [5.74, 6) is -0.858. The maximum Gasteiger partial charge on any atom is 0.306 e. The molecule has 0 spiro atoms. The molecule has 0 aromatic carbocycles. The van der Waals surface area contributed by atoms with E-state index in [2.05, 4.69) is 57.2 Å². The van der Waals surface area contributed by atoms with Gasteiger partial charge in [0.1, 0.15) is 13.2 Å². The predicted molar refractivity (Wildman–Crippen MR) is 353 cm³/mol. The van der Waals surface area contributed by atoms with E-state index in [0.29, 0.717) is 19.3 Å². The van der Waals surface area contributed by atoms with Gasteiger partial charge in [-0.3, -0.25) is 14.4 Å². The van der Waals surface area contributed by atoms with Crippen molar-refractivity contribution in [2.24, 2.45) is 0 Å². The Labute approximate surface area is 506 Å². The second kappa shape index (κ2) is 70.1. The van der Waals surface area contributed by atoms with Gasteiger partial charge in [-0.05, 0) is 57.8 Å². The van der Waals surface area contributed by atoms with E-state index in [4.69, 9.17) is 14.2 Å². The van der Waals surface area contributed by atoms with Crippen molar-refractivity contribution in [1.82, 2.24) is 0 Å². The fourth-order valence-corrected chi connectivity index (χ4v) is 11.2. The smallest absolute Gasteiger partial charge is 0.306 e. The Bertz CT molecular complexity index is 1350.